The van der Waals surface area contributed by atoms with Crippen LogP contribution in [0, 0.1) is 12.8 Å². The van der Waals surface area contributed by atoms with Crippen molar-refractivity contribution in [2.45, 2.75) is 57.5 Å². The standard InChI is InChI=1S/C28H35N3O4/c1-19-9-3-4-10-21(19)27(33)30-24-13-7-6-12-23(24)29-26(32)20-15-17-31(18-16-20)28(34)22-11-5-8-14-25(22)35-2/h3-5,8-11,14,20,23-24H,6-7,12-13,15-18H2,1-2H3,(H,29,32)(H,30,33)/t23?,24-/m1/s1. The van der Waals surface area contributed by atoms with Crippen molar-refractivity contribution in [3.63, 3.8) is 0 Å². The van der Waals surface area contributed by atoms with Crippen LogP contribution in [-0.2, 0) is 4.79 Å². The molecule has 2 N–H and O–H groups in total. The first-order chi connectivity index (χ1) is 17.0. The summed E-state index contributed by atoms with van der Waals surface area (Å²) in [6, 6.07) is 14.6. The van der Waals surface area contributed by atoms with Gasteiger partial charge in [0.1, 0.15) is 5.75 Å². The van der Waals surface area contributed by atoms with E-state index >= 15 is 0 Å². The van der Waals surface area contributed by atoms with E-state index in [2.05, 4.69) is 10.6 Å². The van der Waals surface area contributed by atoms with Crippen LogP contribution < -0.4 is 15.4 Å². The van der Waals surface area contributed by atoms with Gasteiger partial charge in [-0.2, -0.15) is 0 Å². The lowest BCUT2D eigenvalue weighted by atomic mass is 9.88. The average Bonchev–Trinajstić information content (AvgIpc) is 2.89. The Balaban J connectivity index is 1.32. The molecule has 35 heavy (non-hydrogen) atoms. The van der Waals surface area contributed by atoms with E-state index in [0.29, 0.717) is 42.8 Å². The zero-order valence-electron chi connectivity index (χ0n) is 20.6. The van der Waals surface area contributed by atoms with Gasteiger partial charge in [-0.05, 0) is 56.4 Å². The van der Waals surface area contributed by atoms with Gasteiger partial charge in [-0.1, -0.05) is 43.2 Å². The van der Waals surface area contributed by atoms with E-state index in [1.807, 2.05) is 43.3 Å². The van der Waals surface area contributed by atoms with Gasteiger partial charge in [0.2, 0.25) is 5.91 Å². The maximum atomic E-state index is 13.1. The predicted molar refractivity (Wildman–Crippen MR) is 134 cm³/mol. The van der Waals surface area contributed by atoms with Crippen molar-refractivity contribution in [3.8, 4) is 5.75 Å². The Hall–Kier alpha value is -3.35. The molecule has 0 spiro atoms. The number of aryl methyl sites for hydroxylation is 1. The number of carbonyl (C=O) groups is 3. The van der Waals surface area contributed by atoms with E-state index in [0.717, 1.165) is 31.2 Å². The average molecular weight is 478 g/mol. The summed E-state index contributed by atoms with van der Waals surface area (Å²) in [4.78, 5) is 40.7. The first-order valence-electron chi connectivity index (χ1n) is 12.6. The monoisotopic (exact) mass is 477 g/mol. The molecule has 1 saturated heterocycles. The van der Waals surface area contributed by atoms with Crippen LogP contribution >= 0.6 is 0 Å². The molecule has 186 valence electrons. The van der Waals surface area contributed by atoms with Crippen molar-refractivity contribution in [1.29, 1.82) is 0 Å². The molecule has 2 atom stereocenters. The summed E-state index contributed by atoms with van der Waals surface area (Å²) >= 11 is 0. The van der Waals surface area contributed by atoms with Crippen molar-refractivity contribution < 1.29 is 19.1 Å². The molecule has 0 radical (unpaired) electrons. The summed E-state index contributed by atoms with van der Waals surface area (Å²) in [6.45, 7) is 3.00. The quantitative estimate of drug-likeness (QED) is 0.664. The molecule has 1 aliphatic carbocycles. The number of nitrogens with zero attached hydrogens (tertiary/aromatic N) is 1. The van der Waals surface area contributed by atoms with Gasteiger partial charge >= 0.3 is 0 Å². The summed E-state index contributed by atoms with van der Waals surface area (Å²) in [5.41, 5.74) is 2.17. The maximum absolute atomic E-state index is 13.1. The number of nitrogens with one attached hydrogen (secondary N) is 2. The van der Waals surface area contributed by atoms with Crippen LogP contribution in [0.2, 0.25) is 0 Å². The van der Waals surface area contributed by atoms with E-state index in [1.165, 1.54) is 0 Å². The zero-order chi connectivity index (χ0) is 24.8. The van der Waals surface area contributed by atoms with E-state index in [-0.39, 0.29) is 35.7 Å². The SMILES string of the molecule is COc1ccccc1C(=O)N1CCC(C(=O)NC2CCCC[C@H]2NC(=O)c2ccccc2C)CC1. The van der Waals surface area contributed by atoms with Crippen LogP contribution in [-0.4, -0.2) is 54.9 Å². The molecule has 1 unspecified atom stereocenters. The molecule has 3 amide bonds. The number of piperidine rings is 1. The second kappa shape index (κ2) is 11.4. The molecule has 7 nitrogen and oxygen atoms in total. The molecule has 2 aliphatic rings. The minimum atomic E-state index is -0.133. The molecule has 1 aliphatic heterocycles. The lowest BCUT2D eigenvalue weighted by Gasteiger charge is -2.36. The summed E-state index contributed by atoms with van der Waals surface area (Å²) in [7, 11) is 1.56. The van der Waals surface area contributed by atoms with Gasteiger partial charge in [0.15, 0.2) is 0 Å². The fourth-order valence-corrected chi connectivity index (χ4v) is 5.19. The molecular formula is C28H35N3O4. The number of benzene rings is 2. The molecule has 4 rings (SSSR count). The third-order valence-electron chi connectivity index (χ3n) is 7.29. The maximum Gasteiger partial charge on any atom is 0.257 e. The largest absolute Gasteiger partial charge is 0.496 e. The lowest BCUT2D eigenvalue weighted by molar-refractivity contribution is -0.127. The van der Waals surface area contributed by atoms with Crippen LogP contribution in [0.15, 0.2) is 48.5 Å². The molecule has 1 saturated carbocycles. The zero-order valence-corrected chi connectivity index (χ0v) is 20.6. The Morgan fingerprint density at radius 2 is 1.43 bits per heavy atom. The first-order valence-corrected chi connectivity index (χ1v) is 12.6. The Bertz CT molecular complexity index is 1060. The van der Waals surface area contributed by atoms with Crippen molar-refractivity contribution in [2.24, 2.45) is 5.92 Å². The molecular weight excluding hydrogens is 442 g/mol. The highest BCUT2D eigenvalue weighted by Crippen LogP contribution is 2.25. The number of amides is 3. The van der Waals surface area contributed by atoms with Crippen molar-refractivity contribution in [3.05, 3.63) is 65.2 Å². The molecule has 2 aromatic rings. The van der Waals surface area contributed by atoms with Gasteiger partial charge in [0.05, 0.1) is 12.7 Å². The second-order valence-corrected chi connectivity index (χ2v) is 9.56. The van der Waals surface area contributed by atoms with E-state index in [4.69, 9.17) is 4.74 Å². The predicted octanol–water partition coefficient (Wildman–Crippen LogP) is 3.71. The van der Waals surface area contributed by atoms with E-state index < -0.39 is 0 Å². The molecule has 0 aromatic heterocycles. The van der Waals surface area contributed by atoms with E-state index in [1.54, 1.807) is 24.1 Å². The van der Waals surface area contributed by atoms with Gasteiger partial charge in [-0.15, -0.1) is 0 Å². The van der Waals surface area contributed by atoms with Gasteiger partial charge in [-0.3, -0.25) is 14.4 Å². The van der Waals surface area contributed by atoms with E-state index in [9.17, 15) is 14.4 Å². The number of rotatable bonds is 6. The number of likely N-dealkylation sites (tertiary alicyclic amines) is 1. The number of hydrogen-bond acceptors (Lipinski definition) is 4. The Morgan fingerprint density at radius 3 is 2.09 bits per heavy atom. The van der Waals surface area contributed by atoms with Crippen LogP contribution in [0.4, 0.5) is 0 Å². The number of carbonyl (C=O) groups excluding carboxylic acids is 3. The molecule has 1 heterocycles. The smallest absolute Gasteiger partial charge is 0.257 e. The second-order valence-electron chi connectivity index (χ2n) is 9.56. The molecule has 2 fully saturated rings. The van der Waals surface area contributed by atoms with Crippen molar-refractivity contribution >= 4 is 17.7 Å². The Labute approximate surface area is 207 Å². The third kappa shape index (κ3) is 5.84. The van der Waals surface area contributed by atoms with Gasteiger partial charge in [0.25, 0.3) is 11.8 Å². The first kappa shape index (κ1) is 24.8. The Kier molecular flexibility index (Phi) is 8.06. The third-order valence-corrected chi connectivity index (χ3v) is 7.29. The summed E-state index contributed by atoms with van der Waals surface area (Å²) in [6.07, 6.45) is 5.03. The van der Waals surface area contributed by atoms with Gasteiger partial charge < -0.3 is 20.3 Å². The van der Waals surface area contributed by atoms with Crippen molar-refractivity contribution in [1.82, 2.24) is 15.5 Å². The minimum Gasteiger partial charge on any atom is -0.496 e. The van der Waals surface area contributed by atoms with Gasteiger partial charge in [-0.25, -0.2) is 0 Å². The lowest BCUT2D eigenvalue weighted by Crippen LogP contribution is -2.55. The molecule has 2 aromatic carbocycles. The topological polar surface area (TPSA) is 87.7 Å². The molecule has 7 heteroatoms. The van der Waals surface area contributed by atoms with Crippen LogP contribution in [0.5, 0.6) is 5.75 Å². The fourth-order valence-electron chi connectivity index (χ4n) is 5.19. The summed E-state index contributed by atoms with van der Waals surface area (Å²) in [5.74, 6) is 0.307. The highest BCUT2D eigenvalue weighted by molar-refractivity contribution is 5.97. The number of methoxy groups -OCH3 is 1. The summed E-state index contributed by atoms with van der Waals surface area (Å²) < 4.78 is 5.33. The number of hydrogen-bond donors (Lipinski definition) is 2. The van der Waals surface area contributed by atoms with Crippen LogP contribution in [0.3, 0.4) is 0 Å². The summed E-state index contributed by atoms with van der Waals surface area (Å²) in [5, 5.41) is 6.39. The van der Waals surface area contributed by atoms with Crippen LogP contribution in [0.1, 0.15) is 64.8 Å². The highest BCUT2D eigenvalue weighted by atomic mass is 16.5. The van der Waals surface area contributed by atoms with Gasteiger partial charge in [0, 0.05) is 36.7 Å². The number of para-hydroxylation sites is 1. The normalized spacial score (nSPS) is 20.7. The molecule has 0 bridgehead atoms. The highest BCUT2D eigenvalue weighted by Gasteiger charge is 2.33. The Morgan fingerprint density at radius 1 is 0.829 bits per heavy atom. The van der Waals surface area contributed by atoms with Crippen molar-refractivity contribution in [2.75, 3.05) is 20.2 Å². The number of ether oxygens (including phenoxy) is 1. The fraction of sp³-hybridized carbons (Fsp3) is 0.464. The van der Waals surface area contributed by atoms with Crippen LogP contribution in [0.25, 0.3) is 0 Å². The minimum absolute atomic E-state index is 0.0245.